The van der Waals surface area contributed by atoms with Crippen molar-refractivity contribution in [3.05, 3.63) is 65.7 Å². The standard InChI is InChI=1S/C20H26N4O3S/c21-28(26,27)19-8-6-16(7-9-19)14-22-20(25)23-18-10-12-24(13-11-18)15-17-4-2-1-3-5-17/h1-9,18H,10-15H2,(H2,21,26,27)(H2,22,23,25). The topological polar surface area (TPSA) is 105 Å². The number of nitrogens with one attached hydrogen (secondary N) is 2. The molecule has 0 radical (unpaired) electrons. The SMILES string of the molecule is NS(=O)(=O)c1ccc(CNC(=O)NC2CCN(Cc3ccccc3)CC2)cc1. The van der Waals surface area contributed by atoms with Crippen molar-refractivity contribution in [2.75, 3.05) is 13.1 Å². The lowest BCUT2D eigenvalue weighted by Gasteiger charge is -2.32. The maximum absolute atomic E-state index is 12.1. The van der Waals surface area contributed by atoms with Crippen molar-refractivity contribution in [3.63, 3.8) is 0 Å². The Labute approximate surface area is 166 Å². The van der Waals surface area contributed by atoms with E-state index in [-0.39, 0.29) is 17.0 Å². The van der Waals surface area contributed by atoms with Gasteiger partial charge in [-0.1, -0.05) is 42.5 Å². The third-order valence-corrected chi connectivity index (χ3v) is 5.81. The molecule has 0 aromatic heterocycles. The van der Waals surface area contributed by atoms with Gasteiger partial charge in [-0.05, 0) is 36.1 Å². The summed E-state index contributed by atoms with van der Waals surface area (Å²) in [5.41, 5.74) is 2.11. The molecule has 28 heavy (non-hydrogen) atoms. The normalized spacial score (nSPS) is 15.9. The molecule has 2 amide bonds. The Morgan fingerprint density at radius 2 is 1.64 bits per heavy atom. The Bertz CT molecular complexity index is 877. The number of primary sulfonamides is 1. The van der Waals surface area contributed by atoms with E-state index in [1.54, 1.807) is 12.1 Å². The summed E-state index contributed by atoms with van der Waals surface area (Å²) in [7, 11) is -3.70. The number of nitrogens with zero attached hydrogens (tertiary/aromatic N) is 1. The first-order chi connectivity index (χ1) is 13.4. The zero-order chi connectivity index (χ0) is 20.0. The first kappa shape index (κ1) is 20.3. The van der Waals surface area contributed by atoms with E-state index in [4.69, 9.17) is 5.14 Å². The molecule has 1 aliphatic heterocycles. The molecule has 2 aromatic rings. The van der Waals surface area contributed by atoms with Crippen LogP contribution in [0.1, 0.15) is 24.0 Å². The average Bonchev–Trinajstić information content (AvgIpc) is 2.68. The van der Waals surface area contributed by atoms with Crippen molar-refractivity contribution in [3.8, 4) is 0 Å². The van der Waals surface area contributed by atoms with Crippen molar-refractivity contribution < 1.29 is 13.2 Å². The fourth-order valence-electron chi connectivity index (χ4n) is 3.29. The zero-order valence-corrected chi connectivity index (χ0v) is 16.5. The minimum Gasteiger partial charge on any atom is -0.335 e. The number of rotatable bonds is 6. The molecule has 1 saturated heterocycles. The predicted molar refractivity (Wildman–Crippen MR) is 108 cm³/mol. The molecule has 0 bridgehead atoms. The third kappa shape index (κ3) is 6.05. The van der Waals surface area contributed by atoms with Crippen molar-refractivity contribution in [2.45, 2.75) is 36.9 Å². The average molecular weight is 403 g/mol. The summed E-state index contributed by atoms with van der Waals surface area (Å²) in [6.07, 6.45) is 1.84. The van der Waals surface area contributed by atoms with Gasteiger partial charge in [0.1, 0.15) is 0 Å². The van der Waals surface area contributed by atoms with E-state index < -0.39 is 10.0 Å². The van der Waals surface area contributed by atoms with Crippen molar-refractivity contribution >= 4 is 16.1 Å². The maximum Gasteiger partial charge on any atom is 0.315 e. The summed E-state index contributed by atoms with van der Waals surface area (Å²) in [5, 5.41) is 10.9. The number of carbonyl (C=O) groups excluding carboxylic acids is 1. The van der Waals surface area contributed by atoms with Crippen LogP contribution in [-0.2, 0) is 23.1 Å². The fourth-order valence-corrected chi connectivity index (χ4v) is 3.81. The lowest BCUT2D eigenvalue weighted by atomic mass is 10.0. The highest BCUT2D eigenvalue weighted by molar-refractivity contribution is 7.89. The summed E-state index contributed by atoms with van der Waals surface area (Å²) in [6, 6.07) is 16.5. The van der Waals surface area contributed by atoms with E-state index in [1.807, 2.05) is 6.07 Å². The molecule has 0 atom stereocenters. The highest BCUT2D eigenvalue weighted by Gasteiger charge is 2.20. The molecule has 2 aromatic carbocycles. The number of nitrogens with two attached hydrogens (primary N) is 1. The summed E-state index contributed by atoms with van der Waals surface area (Å²) >= 11 is 0. The summed E-state index contributed by atoms with van der Waals surface area (Å²) in [4.78, 5) is 14.6. The third-order valence-electron chi connectivity index (χ3n) is 4.88. The van der Waals surface area contributed by atoms with Crippen LogP contribution in [0.5, 0.6) is 0 Å². The lowest BCUT2D eigenvalue weighted by molar-refractivity contribution is 0.186. The van der Waals surface area contributed by atoms with Gasteiger partial charge in [-0.2, -0.15) is 0 Å². The molecular weight excluding hydrogens is 376 g/mol. The second-order valence-electron chi connectivity index (χ2n) is 7.05. The fraction of sp³-hybridized carbons (Fsp3) is 0.350. The number of benzene rings is 2. The molecule has 0 saturated carbocycles. The molecule has 0 unspecified atom stereocenters. The van der Waals surface area contributed by atoms with E-state index in [0.717, 1.165) is 38.0 Å². The minimum absolute atomic E-state index is 0.0583. The molecule has 0 aliphatic carbocycles. The van der Waals surface area contributed by atoms with E-state index in [9.17, 15) is 13.2 Å². The van der Waals surface area contributed by atoms with Crippen molar-refractivity contribution in [2.24, 2.45) is 5.14 Å². The number of likely N-dealkylation sites (tertiary alicyclic amines) is 1. The van der Waals surface area contributed by atoms with Crippen LogP contribution in [0.3, 0.4) is 0 Å². The van der Waals surface area contributed by atoms with Gasteiger partial charge in [-0.25, -0.2) is 18.4 Å². The molecule has 7 nitrogen and oxygen atoms in total. The Morgan fingerprint density at radius 1 is 1.00 bits per heavy atom. The van der Waals surface area contributed by atoms with Crippen LogP contribution in [0.2, 0.25) is 0 Å². The summed E-state index contributed by atoms with van der Waals surface area (Å²) in [6.45, 7) is 3.17. The number of amides is 2. The largest absolute Gasteiger partial charge is 0.335 e. The first-order valence-corrected chi connectivity index (χ1v) is 10.9. The van der Waals surface area contributed by atoms with Gasteiger partial charge >= 0.3 is 6.03 Å². The van der Waals surface area contributed by atoms with Gasteiger partial charge in [0.25, 0.3) is 0 Å². The molecule has 3 rings (SSSR count). The van der Waals surface area contributed by atoms with Crippen LogP contribution in [0.15, 0.2) is 59.5 Å². The smallest absolute Gasteiger partial charge is 0.315 e. The summed E-state index contributed by atoms with van der Waals surface area (Å²) in [5.74, 6) is 0. The van der Waals surface area contributed by atoms with Crippen LogP contribution < -0.4 is 15.8 Å². The summed E-state index contributed by atoms with van der Waals surface area (Å²) < 4.78 is 22.5. The number of sulfonamides is 1. The van der Waals surface area contributed by atoms with Gasteiger partial charge in [0.2, 0.25) is 10.0 Å². The highest BCUT2D eigenvalue weighted by Crippen LogP contribution is 2.14. The van der Waals surface area contributed by atoms with Crippen molar-refractivity contribution in [1.29, 1.82) is 0 Å². The number of carbonyl (C=O) groups is 1. The number of hydrogen-bond acceptors (Lipinski definition) is 4. The number of piperidine rings is 1. The van der Waals surface area contributed by atoms with Gasteiger partial charge in [0.05, 0.1) is 4.90 Å². The predicted octanol–water partition coefficient (Wildman–Crippen LogP) is 1.80. The molecule has 0 spiro atoms. The van der Waals surface area contributed by atoms with Crippen molar-refractivity contribution in [1.82, 2.24) is 15.5 Å². The first-order valence-electron chi connectivity index (χ1n) is 9.32. The molecule has 8 heteroatoms. The molecule has 1 aliphatic rings. The number of urea groups is 1. The quantitative estimate of drug-likeness (QED) is 0.685. The molecule has 1 fully saturated rings. The molecule has 150 valence electrons. The van der Waals surface area contributed by atoms with Crippen LogP contribution >= 0.6 is 0 Å². The molecule has 4 N–H and O–H groups in total. The monoisotopic (exact) mass is 402 g/mol. The van der Waals surface area contributed by atoms with E-state index in [0.29, 0.717) is 6.54 Å². The Hall–Kier alpha value is -2.42. The molecular formula is C20H26N4O3S. The van der Waals surface area contributed by atoms with E-state index >= 15 is 0 Å². The minimum atomic E-state index is -3.70. The lowest BCUT2D eigenvalue weighted by Crippen LogP contribution is -2.47. The highest BCUT2D eigenvalue weighted by atomic mass is 32.2. The van der Waals surface area contributed by atoms with Gasteiger partial charge in [-0.15, -0.1) is 0 Å². The van der Waals surface area contributed by atoms with Gasteiger partial charge in [-0.3, -0.25) is 4.90 Å². The van der Waals surface area contributed by atoms with Gasteiger partial charge in [0.15, 0.2) is 0 Å². The number of hydrogen-bond donors (Lipinski definition) is 3. The Balaban J connectivity index is 1.39. The second kappa shape index (κ2) is 9.18. The van der Waals surface area contributed by atoms with Crippen LogP contribution in [0.25, 0.3) is 0 Å². The molecule has 1 heterocycles. The van der Waals surface area contributed by atoms with Crippen LogP contribution in [-0.4, -0.2) is 38.5 Å². The second-order valence-corrected chi connectivity index (χ2v) is 8.61. The van der Waals surface area contributed by atoms with Crippen LogP contribution in [0.4, 0.5) is 4.79 Å². The van der Waals surface area contributed by atoms with Gasteiger partial charge < -0.3 is 10.6 Å². The van der Waals surface area contributed by atoms with E-state index in [2.05, 4.69) is 39.8 Å². The van der Waals surface area contributed by atoms with E-state index in [1.165, 1.54) is 17.7 Å². The maximum atomic E-state index is 12.1. The Morgan fingerprint density at radius 3 is 2.25 bits per heavy atom. The Kier molecular flexibility index (Phi) is 6.66. The van der Waals surface area contributed by atoms with Crippen LogP contribution in [0, 0.1) is 0 Å². The zero-order valence-electron chi connectivity index (χ0n) is 15.7. The van der Waals surface area contributed by atoms with Gasteiger partial charge in [0, 0.05) is 32.2 Å².